The van der Waals surface area contributed by atoms with E-state index in [-0.39, 0.29) is 11.8 Å². The Morgan fingerprint density at radius 3 is 2.64 bits per heavy atom. The summed E-state index contributed by atoms with van der Waals surface area (Å²) in [6.45, 7) is 1.89. The van der Waals surface area contributed by atoms with Crippen LogP contribution in [-0.4, -0.2) is 32.8 Å². The summed E-state index contributed by atoms with van der Waals surface area (Å²) in [6.07, 6.45) is 4.62. The van der Waals surface area contributed by atoms with E-state index >= 15 is 0 Å². The summed E-state index contributed by atoms with van der Waals surface area (Å²) in [4.78, 5) is 20.9. The first-order valence-corrected chi connectivity index (χ1v) is 8.83. The van der Waals surface area contributed by atoms with Crippen molar-refractivity contribution in [3.8, 4) is 11.6 Å². The molecule has 4 rings (SSSR count). The molecule has 0 aliphatic rings. The molecule has 140 valence electrons. The van der Waals surface area contributed by atoms with E-state index in [1.165, 1.54) is 6.33 Å². The molecule has 0 bridgehead atoms. The van der Waals surface area contributed by atoms with Crippen LogP contribution in [0.1, 0.15) is 18.4 Å². The van der Waals surface area contributed by atoms with Gasteiger partial charge in [-0.15, -0.1) is 0 Å². The Kier molecular flexibility index (Phi) is 4.72. The van der Waals surface area contributed by atoms with Crippen molar-refractivity contribution < 1.29 is 9.53 Å². The minimum absolute atomic E-state index is 0.0943. The summed E-state index contributed by atoms with van der Waals surface area (Å²) >= 11 is 0. The first-order valence-electron chi connectivity index (χ1n) is 8.83. The number of benzene rings is 2. The average Bonchev–Trinajstić information content (AvgIpc) is 3.28. The Morgan fingerprint density at radius 1 is 1.11 bits per heavy atom. The number of fused-ring (bicyclic) bond motifs is 1. The SMILES string of the molecule is COc1ccc2cc([C@H](C)C(=O)Nc3ccc(-n4cncn4)nc3)ccc2c1. The molecule has 4 aromatic rings. The third-order valence-corrected chi connectivity index (χ3v) is 4.63. The number of anilines is 1. The minimum Gasteiger partial charge on any atom is -0.497 e. The number of nitrogens with one attached hydrogen (secondary N) is 1. The van der Waals surface area contributed by atoms with Crippen molar-refractivity contribution in [2.24, 2.45) is 0 Å². The third-order valence-electron chi connectivity index (χ3n) is 4.63. The Hall–Kier alpha value is -3.74. The molecule has 1 N–H and O–H groups in total. The fraction of sp³-hybridized carbons (Fsp3) is 0.143. The first-order chi connectivity index (χ1) is 13.6. The molecule has 0 saturated heterocycles. The Labute approximate surface area is 162 Å². The smallest absolute Gasteiger partial charge is 0.231 e. The van der Waals surface area contributed by atoms with Gasteiger partial charge in [0.15, 0.2) is 5.82 Å². The van der Waals surface area contributed by atoms with E-state index in [4.69, 9.17) is 4.74 Å². The maximum absolute atomic E-state index is 12.7. The highest BCUT2D eigenvalue weighted by molar-refractivity contribution is 5.96. The Balaban J connectivity index is 1.49. The quantitative estimate of drug-likeness (QED) is 0.578. The van der Waals surface area contributed by atoms with Gasteiger partial charge < -0.3 is 10.1 Å². The highest BCUT2D eigenvalue weighted by atomic mass is 16.5. The van der Waals surface area contributed by atoms with Crippen LogP contribution in [0.2, 0.25) is 0 Å². The van der Waals surface area contributed by atoms with Crippen LogP contribution in [0.25, 0.3) is 16.6 Å². The highest BCUT2D eigenvalue weighted by Crippen LogP contribution is 2.26. The molecule has 2 aromatic carbocycles. The van der Waals surface area contributed by atoms with E-state index in [2.05, 4.69) is 20.4 Å². The van der Waals surface area contributed by atoms with E-state index in [1.807, 2.05) is 43.3 Å². The van der Waals surface area contributed by atoms with Crippen molar-refractivity contribution >= 4 is 22.4 Å². The Bertz CT molecular complexity index is 1110. The average molecular weight is 373 g/mol. The molecule has 0 aliphatic carbocycles. The van der Waals surface area contributed by atoms with E-state index in [9.17, 15) is 4.79 Å². The molecule has 0 fully saturated rings. The number of hydrogen-bond donors (Lipinski definition) is 1. The van der Waals surface area contributed by atoms with Gasteiger partial charge in [0.25, 0.3) is 0 Å². The van der Waals surface area contributed by atoms with Gasteiger partial charge in [0.05, 0.1) is 24.9 Å². The zero-order valence-electron chi connectivity index (χ0n) is 15.5. The summed E-state index contributed by atoms with van der Waals surface area (Å²) in [5.41, 5.74) is 1.58. The first kappa shape index (κ1) is 17.7. The van der Waals surface area contributed by atoms with Crippen LogP contribution in [0.3, 0.4) is 0 Å². The Morgan fingerprint density at radius 2 is 1.93 bits per heavy atom. The second kappa shape index (κ2) is 7.48. The largest absolute Gasteiger partial charge is 0.497 e. The van der Waals surface area contributed by atoms with Crippen LogP contribution in [0.5, 0.6) is 5.75 Å². The zero-order chi connectivity index (χ0) is 19.5. The van der Waals surface area contributed by atoms with E-state index in [0.717, 1.165) is 22.1 Å². The van der Waals surface area contributed by atoms with Crippen LogP contribution in [0.4, 0.5) is 5.69 Å². The minimum atomic E-state index is -0.304. The van der Waals surface area contributed by atoms with Crippen molar-refractivity contribution in [2.75, 3.05) is 12.4 Å². The van der Waals surface area contributed by atoms with Gasteiger partial charge in [0.1, 0.15) is 18.4 Å². The van der Waals surface area contributed by atoms with E-state index in [1.54, 1.807) is 36.4 Å². The van der Waals surface area contributed by atoms with Crippen LogP contribution >= 0.6 is 0 Å². The molecular formula is C21H19N5O2. The molecule has 0 saturated carbocycles. The molecule has 0 unspecified atom stereocenters. The van der Waals surface area contributed by atoms with Gasteiger partial charge in [-0.05, 0) is 47.5 Å². The van der Waals surface area contributed by atoms with Gasteiger partial charge in [-0.3, -0.25) is 4.79 Å². The second-order valence-electron chi connectivity index (χ2n) is 6.43. The van der Waals surface area contributed by atoms with Gasteiger partial charge in [-0.1, -0.05) is 24.3 Å². The lowest BCUT2D eigenvalue weighted by Crippen LogP contribution is -2.19. The summed E-state index contributed by atoms with van der Waals surface area (Å²) in [5, 5.41) is 9.08. The summed E-state index contributed by atoms with van der Waals surface area (Å²) in [7, 11) is 1.65. The number of amides is 1. The zero-order valence-corrected chi connectivity index (χ0v) is 15.5. The molecule has 0 radical (unpaired) electrons. The third kappa shape index (κ3) is 3.55. The molecule has 1 amide bonds. The number of ether oxygens (including phenoxy) is 1. The number of hydrogen-bond acceptors (Lipinski definition) is 5. The van der Waals surface area contributed by atoms with Crippen LogP contribution in [0, 0.1) is 0 Å². The molecule has 1 atom stereocenters. The molecule has 7 nitrogen and oxygen atoms in total. The molecule has 0 aliphatic heterocycles. The fourth-order valence-corrected chi connectivity index (χ4v) is 2.96. The lowest BCUT2D eigenvalue weighted by molar-refractivity contribution is -0.117. The number of carbonyl (C=O) groups is 1. The number of aromatic nitrogens is 4. The maximum Gasteiger partial charge on any atom is 0.231 e. The summed E-state index contributed by atoms with van der Waals surface area (Å²) in [5.74, 6) is 1.05. The normalized spacial score (nSPS) is 11.9. The summed E-state index contributed by atoms with van der Waals surface area (Å²) in [6, 6.07) is 15.5. The van der Waals surface area contributed by atoms with Crippen LogP contribution in [-0.2, 0) is 4.79 Å². The van der Waals surface area contributed by atoms with Crippen molar-refractivity contribution in [1.82, 2.24) is 19.7 Å². The number of carbonyl (C=O) groups excluding carboxylic acids is 1. The topological polar surface area (TPSA) is 81.9 Å². The van der Waals surface area contributed by atoms with Gasteiger partial charge in [0, 0.05) is 0 Å². The van der Waals surface area contributed by atoms with Crippen LogP contribution < -0.4 is 10.1 Å². The highest BCUT2D eigenvalue weighted by Gasteiger charge is 2.16. The molecular weight excluding hydrogens is 354 g/mol. The summed E-state index contributed by atoms with van der Waals surface area (Å²) < 4.78 is 6.81. The monoisotopic (exact) mass is 373 g/mol. The number of rotatable bonds is 5. The predicted molar refractivity (Wildman–Crippen MR) is 107 cm³/mol. The van der Waals surface area contributed by atoms with Crippen molar-refractivity contribution in [2.45, 2.75) is 12.8 Å². The second-order valence-corrected chi connectivity index (χ2v) is 6.43. The van der Waals surface area contributed by atoms with E-state index < -0.39 is 0 Å². The predicted octanol–water partition coefficient (Wildman–Crippen LogP) is 3.57. The number of nitrogens with zero attached hydrogens (tertiary/aromatic N) is 4. The van der Waals surface area contributed by atoms with Gasteiger partial charge in [0.2, 0.25) is 5.91 Å². The molecule has 28 heavy (non-hydrogen) atoms. The lowest BCUT2D eigenvalue weighted by atomic mass is 9.97. The van der Waals surface area contributed by atoms with Crippen molar-refractivity contribution in [3.63, 3.8) is 0 Å². The standard InChI is InChI=1S/C21H19N5O2/c1-14(15-3-4-17-10-19(28-2)7-5-16(17)9-15)21(27)25-18-6-8-20(23-11-18)26-13-22-12-24-26/h3-14H,1-2H3,(H,25,27)/t14-/m0/s1. The molecule has 2 aromatic heterocycles. The van der Waals surface area contributed by atoms with Crippen molar-refractivity contribution in [3.05, 3.63) is 72.9 Å². The number of methoxy groups -OCH3 is 1. The molecule has 7 heteroatoms. The van der Waals surface area contributed by atoms with Gasteiger partial charge in [-0.25, -0.2) is 14.6 Å². The van der Waals surface area contributed by atoms with Crippen molar-refractivity contribution in [1.29, 1.82) is 0 Å². The maximum atomic E-state index is 12.7. The number of pyridine rings is 1. The fourth-order valence-electron chi connectivity index (χ4n) is 2.96. The molecule has 0 spiro atoms. The van der Waals surface area contributed by atoms with Gasteiger partial charge in [-0.2, -0.15) is 5.10 Å². The van der Waals surface area contributed by atoms with E-state index in [0.29, 0.717) is 11.5 Å². The molecule has 2 heterocycles. The lowest BCUT2D eigenvalue weighted by Gasteiger charge is -2.14. The van der Waals surface area contributed by atoms with Crippen LogP contribution in [0.15, 0.2) is 67.4 Å². The van der Waals surface area contributed by atoms with Gasteiger partial charge >= 0.3 is 0 Å².